The van der Waals surface area contributed by atoms with Crippen LogP contribution in [0.3, 0.4) is 0 Å². The zero-order valence-corrected chi connectivity index (χ0v) is 11.5. The summed E-state index contributed by atoms with van der Waals surface area (Å²) >= 11 is 0. The molecule has 0 aliphatic heterocycles. The third-order valence-electron chi connectivity index (χ3n) is 3.89. The number of nitrogens with one attached hydrogen (secondary N) is 1. The lowest BCUT2D eigenvalue weighted by Gasteiger charge is -2.27. The molecule has 0 aromatic heterocycles. The Balaban J connectivity index is 2.08. The summed E-state index contributed by atoms with van der Waals surface area (Å²) in [6.45, 7) is 5.87. The van der Waals surface area contributed by atoms with Gasteiger partial charge in [-0.15, -0.1) is 0 Å². The van der Waals surface area contributed by atoms with Crippen LogP contribution in [0.15, 0.2) is 18.2 Å². The van der Waals surface area contributed by atoms with Crippen molar-refractivity contribution in [2.75, 3.05) is 18.5 Å². The standard InChI is InChI=1S/C15H23FN2/c1-4-17-10-12-5-8-15(14(16)9-12)18(3)11(2)13-6-7-13/h5,8-9,11,13,17H,4,6-7,10H2,1-3H3. The van der Waals surface area contributed by atoms with Gasteiger partial charge in [0, 0.05) is 19.6 Å². The molecule has 1 aliphatic rings. The number of hydrogen-bond donors (Lipinski definition) is 1. The van der Waals surface area contributed by atoms with Gasteiger partial charge in [0.05, 0.1) is 5.69 Å². The molecular formula is C15H23FN2. The van der Waals surface area contributed by atoms with Gasteiger partial charge in [-0.3, -0.25) is 0 Å². The van der Waals surface area contributed by atoms with Crippen LogP contribution in [0.5, 0.6) is 0 Å². The predicted molar refractivity (Wildman–Crippen MR) is 74.4 cm³/mol. The third kappa shape index (κ3) is 3.02. The number of hydrogen-bond acceptors (Lipinski definition) is 2. The van der Waals surface area contributed by atoms with Crippen molar-refractivity contribution in [3.63, 3.8) is 0 Å². The molecular weight excluding hydrogens is 227 g/mol. The van der Waals surface area contributed by atoms with Gasteiger partial charge in [-0.25, -0.2) is 4.39 Å². The summed E-state index contributed by atoms with van der Waals surface area (Å²) in [5, 5.41) is 3.21. The first-order valence-corrected chi connectivity index (χ1v) is 6.85. The molecule has 1 fully saturated rings. The average molecular weight is 250 g/mol. The summed E-state index contributed by atoms with van der Waals surface area (Å²) in [7, 11) is 1.99. The van der Waals surface area contributed by atoms with Crippen molar-refractivity contribution < 1.29 is 4.39 Å². The minimum atomic E-state index is -0.111. The van der Waals surface area contributed by atoms with Crippen molar-refractivity contribution in [2.45, 2.75) is 39.3 Å². The van der Waals surface area contributed by atoms with E-state index in [1.54, 1.807) is 6.07 Å². The number of benzene rings is 1. The van der Waals surface area contributed by atoms with Crippen LogP contribution in [0.25, 0.3) is 0 Å². The van der Waals surface area contributed by atoms with Gasteiger partial charge in [0.15, 0.2) is 0 Å². The van der Waals surface area contributed by atoms with E-state index in [4.69, 9.17) is 0 Å². The molecule has 1 N–H and O–H groups in total. The SMILES string of the molecule is CCNCc1ccc(N(C)C(C)C2CC2)c(F)c1. The highest BCUT2D eigenvalue weighted by molar-refractivity contribution is 5.49. The van der Waals surface area contributed by atoms with E-state index in [1.165, 1.54) is 12.8 Å². The fourth-order valence-corrected chi connectivity index (χ4v) is 2.33. The third-order valence-corrected chi connectivity index (χ3v) is 3.89. The van der Waals surface area contributed by atoms with Crippen molar-refractivity contribution in [1.82, 2.24) is 5.32 Å². The smallest absolute Gasteiger partial charge is 0.146 e. The normalized spacial score (nSPS) is 16.7. The quantitative estimate of drug-likeness (QED) is 0.834. The summed E-state index contributed by atoms with van der Waals surface area (Å²) in [4.78, 5) is 2.07. The van der Waals surface area contributed by atoms with Crippen LogP contribution >= 0.6 is 0 Å². The molecule has 0 radical (unpaired) electrons. The lowest BCUT2D eigenvalue weighted by atomic mass is 10.1. The second-order valence-corrected chi connectivity index (χ2v) is 5.26. The second kappa shape index (κ2) is 5.70. The van der Waals surface area contributed by atoms with Crippen LogP contribution in [0.2, 0.25) is 0 Å². The van der Waals surface area contributed by atoms with E-state index in [-0.39, 0.29) is 5.82 Å². The molecule has 3 heteroatoms. The van der Waals surface area contributed by atoms with E-state index in [9.17, 15) is 4.39 Å². The lowest BCUT2D eigenvalue weighted by molar-refractivity contribution is 0.574. The first kappa shape index (κ1) is 13.3. The molecule has 2 rings (SSSR count). The maximum atomic E-state index is 14.1. The van der Waals surface area contributed by atoms with Gasteiger partial charge in [0.25, 0.3) is 0 Å². The fourth-order valence-electron chi connectivity index (χ4n) is 2.33. The largest absolute Gasteiger partial charge is 0.369 e. The first-order chi connectivity index (χ1) is 8.63. The van der Waals surface area contributed by atoms with Gasteiger partial charge < -0.3 is 10.2 Å². The summed E-state index contributed by atoms with van der Waals surface area (Å²) in [6.07, 6.45) is 2.57. The molecule has 1 aromatic rings. The van der Waals surface area contributed by atoms with Crippen LogP contribution in [0.1, 0.15) is 32.3 Å². The molecule has 18 heavy (non-hydrogen) atoms. The highest BCUT2D eigenvalue weighted by Gasteiger charge is 2.31. The molecule has 1 aromatic carbocycles. The van der Waals surface area contributed by atoms with Crippen LogP contribution in [-0.4, -0.2) is 19.6 Å². The Morgan fingerprint density at radius 3 is 2.72 bits per heavy atom. The molecule has 0 amide bonds. The second-order valence-electron chi connectivity index (χ2n) is 5.26. The number of anilines is 1. The molecule has 0 saturated heterocycles. The van der Waals surface area contributed by atoms with Crippen LogP contribution in [-0.2, 0) is 6.54 Å². The van der Waals surface area contributed by atoms with Crippen molar-refractivity contribution >= 4 is 5.69 Å². The Morgan fingerprint density at radius 2 is 2.17 bits per heavy atom. The summed E-state index contributed by atoms with van der Waals surface area (Å²) < 4.78 is 14.1. The van der Waals surface area contributed by atoms with Crippen LogP contribution in [0, 0.1) is 11.7 Å². The Kier molecular flexibility index (Phi) is 4.23. The maximum Gasteiger partial charge on any atom is 0.146 e. The van der Waals surface area contributed by atoms with Gasteiger partial charge in [-0.1, -0.05) is 13.0 Å². The van der Waals surface area contributed by atoms with Crippen LogP contribution < -0.4 is 10.2 Å². The molecule has 0 heterocycles. The molecule has 1 unspecified atom stereocenters. The minimum Gasteiger partial charge on any atom is -0.369 e. The maximum absolute atomic E-state index is 14.1. The molecule has 2 nitrogen and oxygen atoms in total. The van der Waals surface area contributed by atoms with E-state index in [1.807, 2.05) is 19.2 Å². The van der Waals surface area contributed by atoms with Crippen LogP contribution in [0.4, 0.5) is 10.1 Å². The predicted octanol–water partition coefficient (Wildman–Crippen LogP) is 3.17. The van der Waals surface area contributed by atoms with E-state index in [2.05, 4.69) is 24.1 Å². The molecule has 100 valence electrons. The molecule has 1 saturated carbocycles. The number of nitrogens with zero attached hydrogens (tertiary/aromatic N) is 1. The van der Waals surface area contributed by atoms with E-state index < -0.39 is 0 Å². The number of halogens is 1. The van der Waals surface area contributed by atoms with E-state index in [0.29, 0.717) is 6.04 Å². The number of rotatable bonds is 6. The molecule has 0 spiro atoms. The Hall–Kier alpha value is -1.09. The fraction of sp³-hybridized carbons (Fsp3) is 0.600. The average Bonchev–Trinajstić information content (AvgIpc) is 3.19. The van der Waals surface area contributed by atoms with Crippen molar-refractivity contribution in [2.24, 2.45) is 5.92 Å². The molecule has 1 atom stereocenters. The van der Waals surface area contributed by atoms with Crippen molar-refractivity contribution in [1.29, 1.82) is 0 Å². The van der Waals surface area contributed by atoms with Gasteiger partial charge in [-0.2, -0.15) is 0 Å². The van der Waals surface area contributed by atoms with E-state index >= 15 is 0 Å². The first-order valence-electron chi connectivity index (χ1n) is 6.85. The van der Waals surface area contributed by atoms with Gasteiger partial charge in [-0.05, 0) is 49.9 Å². The lowest BCUT2D eigenvalue weighted by Crippen LogP contribution is -2.31. The zero-order chi connectivity index (χ0) is 13.1. The summed E-state index contributed by atoms with van der Waals surface area (Å²) in [5.74, 6) is 0.635. The molecule has 0 bridgehead atoms. The summed E-state index contributed by atoms with van der Waals surface area (Å²) in [6, 6.07) is 5.99. The van der Waals surface area contributed by atoms with Gasteiger partial charge in [0.2, 0.25) is 0 Å². The van der Waals surface area contributed by atoms with Crippen molar-refractivity contribution in [3.05, 3.63) is 29.6 Å². The topological polar surface area (TPSA) is 15.3 Å². The van der Waals surface area contributed by atoms with E-state index in [0.717, 1.165) is 30.3 Å². The monoisotopic (exact) mass is 250 g/mol. The minimum absolute atomic E-state index is 0.111. The Bertz CT molecular complexity index is 401. The molecule has 1 aliphatic carbocycles. The Morgan fingerprint density at radius 1 is 1.44 bits per heavy atom. The highest BCUT2D eigenvalue weighted by atomic mass is 19.1. The van der Waals surface area contributed by atoms with Gasteiger partial charge in [0.1, 0.15) is 5.82 Å². The highest BCUT2D eigenvalue weighted by Crippen LogP contribution is 2.36. The van der Waals surface area contributed by atoms with Gasteiger partial charge >= 0.3 is 0 Å². The zero-order valence-electron chi connectivity index (χ0n) is 11.5. The van der Waals surface area contributed by atoms with Crippen molar-refractivity contribution in [3.8, 4) is 0 Å². The summed E-state index contributed by atoms with van der Waals surface area (Å²) in [5.41, 5.74) is 1.72. The Labute approximate surface area is 109 Å².